The quantitative estimate of drug-likeness (QED) is 0.336. The van der Waals surface area contributed by atoms with E-state index in [0.29, 0.717) is 30.8 Å². The highest BCUT2D eigenvalue weighted by Gasteiger charge is 2.39. The van der Waals surface area contributed by atoms with Gasteiger partial charge in [-0.1, -0.05) is 24.3 Å². The van der Waals surface area contributed by atoms with E-state index in [0.717, 1.165) is 23.6 Å². The summed E-state index contributed by atoms with van der Waals surface area (Å²) in [6, 6.07) is 12.0. The van der Waals surface area contributed by atoms with Crippen molar-refractivity contribution >= 4 is 27.4 Å². The highest BCUT2D eigenvalue weighted by molar-refractivity contribution is 7.90. The molecule has 2 N–H and O–H groups in total. The monoisotopic (exact) mass is 605 g/mol. The van der Waals surface area contributed by atoms with Gasteiger partial charge >= 0.3 is 6.18 Å². The number of carbonyl (C=O) groups excluding carboxylic acids is 1. The lowest BCUT2D eigenvalue weighted by Gasteiger charge is -2.22. The molecule has 1 aliphatic rings. The molecular formula is C29H34F3N5O4S. The van der Waals surface area contributed by atoms with Crippen LogP contribution in [0.5, 0.6) is 5.75 Å². The number of benzene rings is 2. The summed E-state index contributed by atoms with van der Waals surface area (Å²) in [5.41, 5.74) is 1.27. The molecule has 0 radical (unpaired) electrons. The third-order valence-corrected chi connectivity index (χ3v) is 8.14. The lowest BCUT2D eigenvalue weighted by molar-refractivity contribution is -0.138. The molecule has 226 valence electrons. The average Bonchev–Trinajstić information content (AvgIpc) is 3.23. The molecule has 0 saturated carbocycles. The van der Waals surface area contributed by atoms with Gasteiger partial charge in [0.1, 0.15) is 15.6 Å². The van der Waals surface area contributed by atoms with Gasteiger partial charge < -0.3 is 20.3 Å². The molecule has 1 heterocycles. The smallest absolute Gasteiger partial charge is 0.419 e. The summed E-state index contributed by atoms with van der Waals surface area (Å²) in [7, 11) is 1.80. The number of alkyl halides is 3. The molecule has 0 unspecified atom stereocenters. The fraction of sp³-hybridized carbons (Fsp3) is 0.414. The third kappa shape index (κ3) is 7.77. The van der Waals surface area contributed by atoms with Crippen molar-refractivity contribution in [3.05, 3.63) is 76.6 Å². The molecule has 0 fully saturated rings. The Kier molecular flexibility index (Phi) is 9.41. The van der Waals surface area contributed by atoms with Gasteiger partial charge in [-0.3, -0.25) is 4.79 Å². The van der Waals surface area contributed by atoms with Crippen LogP contribution in [0.1, 0.15) is 38.7 Å². The highest BCUT2D eigenvalue weighted by Crippen LogP contribution is 2.42. The Morgan fingerprint density at radius 1 is 1.17 bits per heavy atom. The van der Waals surface area contributed by atoms with Crippen LogP contribution in [0, 0.1) is 5.92 Å². The first-order valence-corrected chi connectivity index (χ1v) is 15.4. The van der Waals surface area contributed by atoms with Gasteiger partial charge in [0, 0.05) is 37.0 Å². The number of hydrogen-bond acceptors (Lipinski definition) is 8. The van der Waals surface area contributed by atoms with Crippen LogP contribution in [-0.2, 0) is 28.9 Å². The van der Waals surface area contributed by atoms with E-state index in [-0.39, 0.29) is 35.5 Å². The number of rotatable bonds is 11. The third-order valence-electron chi connectivity index (χ3n) is 7.17. The average molecular weight is 606 g/mol. The molecular weight excluding hydrogens is 571 g/mol. The maximum atomic E-state index is 14.0. The number of anilines is 2. The van der Waals surface area contributed by atoms with Crippen LogP contribution in [0.2, 0.25) is 0 Å². The SMILES string of the molecule is COc1cc(C(=O)NCCN(C)C)ccc1Nc1ncc(C(F)(F)F)c(C[C@@H]2Cc3ccccc3[C@H]2CS(C)(=O)=O)n1. The molecule has 9 nitrogen and oxygen atoms in total. The summed E-state index contributed by atoms with van der Waals surface area (Å²) in [5.74, 6) is -1.13. The Morgan fingerprint density at radius 3 is 2.57 bits per heavy atom. The molecule has 2 atom stereocenters. The van der Waals surface area contributed by atoms with Crippen LogP contribution in [0.15, 0.2) is 48.7 Å². The number of hydrogen-bond donors (Lipinski definition) is 2. The first-order chi connectivity index (χ1) is 19.7. The summed E-state index contributed by atoms with van der Waals surface area (Å²) < 4.78 is 72.0. The minimum Gasteiger partial charge on any atom is -0.495 e. The van der Waals surface area contributed by atoms with Crippen molar-refractivity contribution < 1.29 is 31.1 Å². The summed E-state index contributed by atoms with van der Waals surface area (Å²) >= 11 is 0. The number of sulfone groups is 1. The van der Waals surface area contributed by atoms with Crippen LogP contribution in [-0.4, -0.2) is 75.5 Å². The van der Waals surface area contributed by atoms with E-state index in [9.17, 15) is 26.4 Å². The van der Waals surface area contributed by atoms with Gasteiger partial charge in [-0.05, 0) is 62.2 Å². The van der Waals surface area contributed by atoms with Crippen molar-refractivity contribution in [2.24, 2.45) is 5.92 Å². The maximum absolute atomic E-state index is 14.0. The van der Waals surface area contributed by atoms with Gasteiger partial charge in [0.05, 0.1) is 29.8 Å². The number of halogens is 3. The zero-order valence-electron chi connectivity index (χ0n) is 23.8. The number of aromatic nitrogens is 2. The van der Waals surface area contributed by atoms with E-state index in [1.165, 1.54) is 13.2 Å². The molecule has 1 aromatic heterocycles. The molecule has 0 saturated heterocycles. The Bertz CT molecular complexity index is 1550. The molecule has 2 aromatic carbocycles. The van der Waals surface area contributed by atoms with E-state index in [1.54, 1.807) is 18.2 Å². The van der Waals surface area contributed by atoms with E-state index in [4.69, 9.17) is 4.74 Å². The minimum atomic E-state index is -4.70. The molecule has 13 heteroatoms. The molecule has 3 aromatic rings. The second kappa shape index (κ2) is 12.7. The van der Waals surface area contributed by atoms with Crippen molar-refractivity contribution in [3.8, 4) is 5.75 Å². The van der Waals surface area contributed by atoms with E-state index >= 15 is 0 Å². The summed E-state index contributed by atoms with van der Waals surface area (Å²) in [6.07, 6.45) is -2.50. The van der Waals surface area contributed by atoms with Gasteiger partial charge in [0.15, 0.2) is 0 Å². The number of amides is 1. The number of methoxy groups -OCH3 is 1. The van der Waals surface area contributed by atoms with Crippen molar-refractivity contribution in [3.63, 3.8) is 0 Å². The topological polar surface area (TPSA) is 114 Å². The molecule has 1 aliphatic carbocycles. The predicted molar refractivity (Wildman–Crippen MR) is 154 cm³/mol. The van der Waals surface area contributed by atoms with Crippen LogP contribution < -0.4 is 15.4 Å². The first kappa shape index (κ1) is 31.2. The van der Waals surface area contributed by atoms with Crippen LogP contribution in [0.25, 0.3) is 0 Å². The number of carbonyl (C=O) groups is 1. The molecule has 0 bridgehead atoms. The van der Waals surface area contributed by atoms with Crippen molar-refractivity contribution in [1.29, 1.82) is 0 Å². The van der Waals surface area contributed by atoms with Gasteiger partial charge in [0.2, 0.25) is 5.95 Å². The van der Waals surface area contributed by atoms with Crippen molar-refractivity contribution in [2.45, 2.75) is 24.9 Å². The molecule has 1 amide bonds. The van der Waals surface area contributed by atoms with E-state index < -0.39 is 33.4 Å². The van der Waals surface area contributed by atoms with Gasteiger partial charge in [-0.2, -0.15) is 13.2 Å². The number of nitrogens with one attached hydrogen (secondary N) is 2. The summed E-state index contributed by atoms with van der Waals surface area (Å²) in [4.78, 5) is 22.6. The Hall–Kier alpha value is -3.71. The van der Waals surface area contributed by atoms with Gasteiger partial charge in [-0.15, -0.1) is 0 Å². The number of nitrogens with zero attached hydrogens (tertiary/aromatic N) is 3. The predicted octanol–water partition coefficient (Wildman–Crippen LogP) is 4.08. The fourth-order valence-electron chi connectivity index (χ4n) is 5.20. The molecule has 42 heavy (non-hydrogen) atoms. The van der Waals surface area contributed by atoms with Crippen LogP contribution in [0.3, 0.4) is 0 Å². The number of likely N-dealkylation sites (N-methyl/N-ethyl adjacent to an activating group) is 1. The lowest BCUT2D eigenvalue weighted by Crippen LogP contribution is -2.31. The van der Waals surface area contributed by atoms with Crippen LogP contribution >= 0.6 is 0 Å². The standard InChI is InChI=1S/C29H34F3N5O4S/c1-37(2)12-11-33-27(38)19-9-10-24(26(15-19)41-3)35-28-34-16-23(29(30,31)32)25(36-28)14-20-13-18-7-5-6-8-21(18)22(20)17-42(4,39)40/h5-10,15-16,20,22H,11-14,17H2,1-4H3,(H,33,38)(H,34,35,36)/t20-,22-/m0/s1. The Balaban J connectivity index is 1.61. The second-order valence-corrected chi connectivity index (χ2v) is 12.9. The first-order valence-electron chi connectivity index (χ1n) is 13.3. The van der Waals surface area contributed by atoms with E-state index in [1.807, 2.05) is 37.2 Å². The Morgan fingerprint density at radius 2 is 1.90 bits per heavy atom. The van der Waals surface area contributed by atoms with Crippen molar-refractivity contribution in [1.82, 2.24) is 20.2 Å². The molecule has 4 rings (SSSR count). The zero-order chi connectivity index (χ0) is 30.7. The fourth-order valence-corrected chi connectivity index (χ4v) is 6.30. The molecule has 0 spiro atoms. The normalized spacial score (nSPS) is 16.8. The summed E-state index contributed by atoms with van der Waals surface area (Å²) in [6.45, 7) is 1.12. The Labute approximate surface area is 243 Å². The lowest BCUT2D eigenvalue weighted by atomic mass is 9.89. The van der Waals surface area contributed by atoms with Crippen molar-refractivity contribution in [2.75, 3.05) is 51.6 Å². The highest BCUT2D eigenvalue weighted by atomic mass is 32.2. The number of fused-ring (bicyclic) bond motifs is 1. The van der Waals surface area contributed by atoms with Crippen LogP contribution in [0.4, 0.5) is 24.8 Å². The minimum absolute atomic E-state index is 0.0883. The van der Waals surface area contributed by atoms with Gasteiger partial charge in [-0.25, -0.2) is 18.4 Å². The number of ether oxygens (including phenoxy) is 1. The van der Waals surface area contributed by atoms with Gasteiger partial charge in [0.25, 0.3) is 5.91 Å². The molecule has 0 aliphatic heterocycles. The summed E-state index contributed by atoms with van der Waals surface area (Å²) in [5, 5.41) is 5.72. The second-order valence-electron chi connectivity index (χ2n) is 10.7. The maximum Gasteiger partial charge on any atom is 0.419 e. The zero-order valence-corrected chi connectivity index (χ0v) is 24.6. The van der Waals surface area contributed by atoms with E-state index in [2.05, 4.69) is 20.6 Å². The largest absolute Gasteiger partial charge is 0.495 e.